The maximum atomic E-state index is 13.1. The Hall–Kier alpha value is -3.23. The Labute approximate surface area is 193 Å². The number of rotatable bonds is 5. The summed E-state index contributed by atoms with van der Waals surface area (Å²) in [5.74, 6) is 1.17. The summed E-state index contributed by atoms with van der Waals surface area (Å²) in [4.78, 5) is 19.5. The first-order valence-electron chi connectivity index (χ1n) is 10.9. The zero-order valence-corrected chi connectivity index (χ0v) is 19.2. The van der Waals surface area contributed by atoms with E-state index in [9.17, 15) is 18.5 Å². The summed E-state index contributed by atoms with van der Waals surface area (Å²) in [7, 11) is -3.77. The normalized spacial score (nSPS) is 18.2. The van der Waals surface area contributed by atoms with Gasteiger partial charge in [0.1, 0.15) is 11.5 Å². The van der Waals surface area contributed by atoms with E-state index in [4.69, 9.17) is 5.26 Å². The molecule has 0 spiro atoms. The van der Waals surface area contributed by atoms with Crippen LogP contribution in [0.4, 0.5) is 17.2 Å². The van der Waals surface area contributed by atoms with E-state index in [2.05, 4.69) is 18.0 Å². The number of nitrogens with zero attached hydrogens (tertiary/aromatic N) is 6. The quantitative estimate of drug-likeness (QED) is 0.482. The summed E-state index contributed by atoms with van der Waals surface area (Å²) in [6.45, 7) is 5.13. The fraction of sp³-hybridized carbons (Fsp3) is 0.455. The van der Waals surface area contributed by atoms with Gasteiger partial charge in [-0.2, -0.15) is 9.57 Å². The number of anilines is 2. The third-order valence-corrected chi connectivity index (χ3v) is 8.24. The van der Waals surface area contributed by atoms with Crippen LogP contribution >= 0.6 is 0 Å². The van der Waals surface area contributed by atoms with Gasteiger partial charge in [-0.25, -0.2) is 13.4 Å². The highest BCUT2D eigenvalue weighted by Gasteiger charge is 2.31. The molecule has 2 aromatic rings. The van der Waals surface area contributed by atoms with Gasteiger partial charge in [-0.15, -0.1) is 0 Å². The molecule has 0 radical (unpaired) electrons. The molecule has 2 aliphatic heterocycles. The van der Waals surface area contributed by atoms with Crippen molar-refractivity contribution in [1.29, 1.82) is 5.26 Å². The number of piperazine rings is 1. The van der Waals surface area contributed by atoms with Crippen molar-refractivity contribution in [2.75, 3.05) is 49.1 Å². The molecular formula is C22H26N6O4S. The Kier molecular flexibility index (Phi) is 6.49. The lowest BCUT2D eigenvalue weighted by Gasteiger charge is -2.36. The van der Waals surface area contributed by atoms with E-state index in [-0.39, 0.29) is 10.6 Å². The summed E-state index contributed by atoms with van der Waals surface area (Å²) in [5, 5.41) is 20.9. The highest BCUT2D eigenvalue weighted by molar-refractivity contribution is 7.89. The van der Waals surface area contributed by atoms with Crippen molar-refractivity contribution >= 4 is 27.2 Å². The number of nitro groups is 1. The molecule has 2 saturated heterocycles. The van der Waals surface area contributed by atoms with Crippen molar-refractivity contribution in [3.8, 4) is 6.07 Å². The van der Waals surface area contributed by atoms with Crippen LogP contribution in [-0.2, 0) is 10.0 Å². The molecule has 0 N–H and O–H groups in total. The second-order valence-electron chi connectivity index (χ2n) is 8.48. The molecule has 3 heterocycles. The molecule has 0 aliphatic carbocycles. The molecule has 2 fully saturated rings. The van der Waals surface area contributed by atoms with Crippen LogP contribution in [0.5, 0.6) is 0 Å². The molecule has 2 aliphatic rings. The smallest absolute Gasteiger partial charge is 0.293 e. The maximum Gasteiger partial charge on any atom is 0.293 e. The third kappa shape index (κ3) is 4.77. The van der Waals surface area contributed by atoms with Crippen LogP contribution in [0.25, 0.3) is 0 Å². The third-order valence-electron chi connectivity index (χ3n) is 6.34. The van der Waals surface area contributed by atoms with Crippen LogP contribution in [0.1, 0.15) is 25.3 Å². The lowest BCUT2D eigenvalue weighted by Crippen LogP contribution is -2.47. The van der Waals surface area contributed by atoms with Crippen molar-refractivity contribution < 1.29 is 13.3 Å². The first-order chi connectivity index (χ1) is 15.8. The number of aromatic nitrogens is 1. The summed E-state index contributed by atoms with van der Waals surface area (Å²) >= 11 is 0. The zero-order valence-electron chi connectivity index (χ0n) is 18.4. The molecule has 10 nitrogen and oxygen atoms in total. The van der Waals surface area contributed by atoms with Crippen molar-refractivity contribution in [2.45, 2.75) is 24.7 Å². The van der Waals surface area contributed by atoms with E-state index >= 15 is 0 Å². The molecule has 0 bridgehead atoms. The predicted octanol–water partition coefficient (Wildman–Crippen LogP) is 2.61. The first-order valence-corrected chi connectivity index (χ1v) is 12.4. The number of nitriles is 1. The molecule has 0 amide bonds. The second kappa shape index (κ2) is 9.33. The lowest BCUT2D eigenvalue weighted by atomic mass is 10.0. The van der Waals surface area contributed by atoms with Gasteiger partial charge in [0.15, 0.2) is 0 Å². The Bertz CT molecular complexity index is 1180. The standard InChI is InChI=1S/C22H26N6O4S/c1-17-5-8-27(9-6-17)33(31,32)19-2-3-20(21(15-19)28(29)30)25-10-12-26(13-11-25)22-14-18(16-23)4-7-24-22/h2-4,7,14-15,17H,5-6,8-13H2,1H3. The van der Waals surface area contributed by atoms with Gasteiger partial charge in [-0.05, 0) is 43.0 Å². The molecule has 1 aromatic heterocycles. The Balaban J connectivity index is 1.53. The highest BCUT2D eigenvalue weighted by atomic mass is 32.2. The van der Waals surface area contributed by atoms with Crippen molar-refractivity contribution in [3.05, 3.63) is 52.2 Å². The van der Waals surface area contributed by atoms with E-state index < -0.39 is 14.9 Å². The van der Waals surface area contributed by atoms with E-state index in [0.29, 0.717) is 62.3 Å². The summed E-state index contributed by atoms with van der Waals surface area (Å²) in [5.41, 5.74) is 0.724. The minimum Gasteiger partial charge on any atom is -0.362 e. The molecule has 4 rings (SSSR count). The number of pyridine rings is 1. The van der Waals surface area contributed by atoms with Gasteiger partial charge in [-0.3, -0.25) is 10.1 Å². The maximum absolute atomic E-state index is 13.1. The van der Waals surface area contributed by atoms with Gasteiger partial charge in [0.25, 0.3) is 5.69 Å². The van der Waals surface area contributed by atoms with Gasteiger partial charge in [0, 0.05) is 51.5 Å². The van der Waals surface area contributed by atoms with E-state index in [1.807, 2.05) is 9.80 Å². The van der Waals surface area contributed by atoms with Gasteiger partial charge in [-0.1, -0.05) is 6.92 Å². The van der Waals surface area contributed by atoms with Crippen LogP contribution in [0.3, 0.4) is 0 Å². The first kappa shape index (κ1) is 22.9. The van der Waals surface area contributed by atoms with Crippen LogP contribution in [0.15, 0.2) is 41.4 Å². The van der Waals surface area contributed by atoms with Crippen molar-refractivity contribution in [2.24, 2.45) is 5.92 Å². The fourth-order valence-electron chi connectivity index (χ4n) is 4.29. The topological polar surface area (TPSA) is 124 Å². The Morgan fingerprint density at radius 2 is 1.73 bits per heavy atom. The Morgan fingerprint density at radius 3 is 2.36 bits per heavy atom. The van der Waals surface area contributed by atoms with E-state index in [1.165, 1.54) is 16.4 Å². The highest BCUT2D eigenvalue weighted by Crippen LogP contribution is 2.33. The number of hydrogen-bond donors (Lipinski definition) is 0. The van der Waals surface area contributed by atoms with Crippen LogP contribution in [0, 0.1) is 27.4 Å². The number of piperidine rings is 1. The fourth-order valence-corrected chi connectivity index (χ4v) is 5.78. The average Bonchev–Trinajstić information content (AvgIpc) is 2.84. The van der Waals surface area contributed by atoms with Crippen molar-refractivity contribution in [3.63, 3.8) is 0 Å². The van der Waals surface area contributed by atoms with Crippen molar-refractivity contribution in [1.82, 2.24) is 9.29 Å². The second-order valence-corrected chi connectivity index (χ2v) is 10.4. The van der Waals surface area contributed by atoms with Gasteiger partial charge in [0.2, 0.25) is 10.0 Å². The van der Waals surface area contributed by atoms with Crippen LogP contribution in [0.2, 0.25) is 0 Å². The summed E-state index contributed by atoms with van der Waals surface area (Å²) < 4.78 is 27.5. The summed E-state index contributed by atoms with van der Waals surface area (Å²) in [6, 6.07) is 9.67. The monoisotopic (exact) mass is 470 g/mol. The lowest BCUT2D eigenvalue weighted by molar-refractivity contribution is -0.384. The molecule has 11 heteroatoms. The average molecular weight is 471 g/mol. The molecular weight excluding hydrogens is 444 g/mol. The molecule has 1 aromatic carbocycles. The molecule has 0 unspecified atom stereocenters. The van der Waals surface area contributed by atoms with Gasteiger partial charge in [0.05, 0.1) is 21.5 Å². The number of benzene rings is 1. The SMILES string of the molecule is CC1CCN(S(=O)(=O)c2ccc(N3CCN(c4cc(C#N)ccn4)CC3)c([N+](=O)[O-])c2)CC1. The molecule has 0 saturated carbocycles. The largest absolute Gasteiger partial charge is 0.362 e. The number of nitro benzene ring substituents is 1. The number of sulfonamides is 1. The van der Waals surface area contributed by atoms with E-state index in [0.717, 1.165) is 12.8 Å². The molecule has 174 valence electrons. The van der Waals surface area contributed by atoms with Gasteiger partial charge < -0.3 is 9.80 Å². The molecule has 0 atom stereocenters. The van der Waals surface area contributed by atoms with Gasteiger partial charge >= 0.3 is 0 Å². The minimum atomic E-state index is -3.77. The van der Waals surface area contributed by atoms with E-state index in [1.54, 1.807) is 24.4 Å². The molecule has 33 heavy (non-hydrogen) atoms. The van der Waals surface area contributed by atoms with Crippen LogP contribution in [-0.4, -0.2) is 61.9 Å². The van der Waals surface area contributed by atoms with Crippen LogP contribution < -0.4 is 9.80 Å². The zero-order chi connectivity index (χ0) is 23.6. The summed E-state index contributed by atoms with van der Waals surface area (Å²) in [6.07, 6.45) is 3.17. The number of hydrogen-bond acceptors (Lipinski definition) is 8. The Morgan fingerprint density at radius 1 is 1.06 bits per heavy atom. The minimum absolute atomic E-state index is 0.0383. The predicted molar refractivity (Wildman–Crippen MR) is 124 cm³/mol.